The Bertz CT molecular complexity index is 8250. The molecule has 24 aromatic rings. The fraction of sp³-hybridized carbons (Fsp3) is 0.136. The molecule has 0 N–H and O–H groups in total. The Balaban J connectivity index is 0.000000106. The molecule has 0 saturated heterocycles. The fourth-order valence-corrected chi connectivity index (χ4v) is 22.1. The number of hydrogen-bond acceptors (Lipinski definition) is 6. The largest absolute Gasteiger partial charge is 0.454 e. The maximum atomic E-state index is 6.72. The van der Waals surface area contributed by atoms with E-state index in [2.05, 4.69) is 376 Å². The van der Waals surface area contributed by atoms with Gasteiger partial charge in [0.05, 0.1) is 34.1 Å². The first-order valence-electron chi connectivity index (χ1n) is 44.6. The monoisotopic (exact) mass is 1600 g/mol. The van der Waals surface area contributed by atoms with Gasteiger partial charge in [0, 0.05) is 65.5 Å². The van der Waals surface area contributed by atoms with Gasteiger partial charge in [-0.15, -0.1) is 0 Å². The maximum absolute atomic E-state index is 6.72. The van der Waals surface area contributed by atoms with Crippen molar-refractivity contribution in [1.82, 2.24) is 0 Å². The van der Waals surface area contributed by atoms with E-state index in [1.807, 2.05) is 12.1 Å². The predicted molar refractivity (Wildman–Crippen MR) is 527 cm³/mol. The zero-order valence-corrected chi connectivity index (χ0v) is 70.2. The molecule has 0 atom stereocenters. The third-order valence-corrected chi connectivity index (χ3v) is 27.7. The lowest BCUT2D eigenvalue weighted by atomic mass is 9.78. The van der Waals surface area contributed by atoms with Crippen LogP contribution < -0.4 is 14.7 Å². The number of hydrogen-bond donors (Lipinski definition) is 0. The highest BCUT2D eigenvalue weighted by Crippen LogP contribution is 2.55. The van der Waals surface area contributed by atoms with E-state index in [9.17, 15) is 0 Å². The predicted octanol–water partition coefficient (Wildman–Crippen LogP) is 35.2. The number of aryl methyl sites for hydroxylation is 4. The third-order valence-electron chi connectivity index (χ3n) is 27.7. The van der Waals surface area contributed by atoms with Crippen molar-refractivity contribution in [3.05, 3.63) is 379 Å². The molecule has 0 spiro atoms. The zero-order chi connectivity index (χ0) is 82.4. The van der Waals surface area contributed by atoms with E-state index in [4.69, 9.17) is 13.3 Å². The first-order valence-corrected chi connectivity index (χ1v) is 44.6. The SMILES string of the molecule is Cc1cc(C)cc(N(c2ccc3ccc4cccc5ccc2c3c45)c2cccc3c2oc2ccccc23)c1.Cc1ccc2ccc3c(C)cc(N(c4ccccc4)c4cccc5c4oc4ccccc45)c4ccc1c2c34.c1ccc(N(c2cc(C3CCCCC3)c3ccc4ccc(C5CCCCC5)c5ccc2c3c45)c2cccc3c2oc2ccccc23)cc1. The molecule has 0 radical (unpaired) electrons. The van der Waals surface area contributed by atoms with Crippen molar-refractivity contribution >= 4 is 214 Å². The Labute approximate surface area is 720 Å². The van der Waals surface area contributed by atoms with Gasteiger partial charge in [-0.1, -0.05) is 293 Å². The van der Waals surface area contributed by atoms with Crippen molar-refractivity contribution in [2.45, 2.75) is 104 Å². The highest BCUT2D eigenvalue weighted by atomic mass is 16.3. The minimum atomic E-state index is 0.569. The Morgan fingerprint density at radius 1 is 0.210 bits per heavy atom. The van der Waals surface area contributed by atoms with Gasteiger partial charge in [0.1, 0.15) is 16.7 Å². The summed E-state index contributed by atoms with van der Waals surface area (Å²) in [5.41, 5.74) is 23.7. The van der Waals surface area contributed by atoms with Crippen LogP contribution in [-0.2, 0) is 0 Å². The molecule has 124 heavy (non-hydrogen) atoms. The van der Waals surface area contributed by atoms with E-state index in [0.29, 0.717) is 11.8 Å². The Kier molecular flexibility index (Phi) is 17.6. The van der Waals surface area contributed by atoms with Gasteiger partial charge in [0.25, 0.3) is 0 Å². The molecule has 0 amide bonds. The second kappa shape index (κ2) is 29.7. The van der Waals surface area contributed by atoms with Crippen LogP contribution in [0.3, 0.4) is 0 Å². The highest BCUT2D eigenvalue weighted by molar-refractivity contribution is 6.31. The van der Waals surface area contributed by atoms with Crippen LogP contribution in [0.2, 0.25) is 0 Å². The van der Waals surface area contributed by atoms with Crippen molar-refractivity contribution in [3.8, 4) is 0 Å². The number of benzene rings is 21. The lowest BCUT2D eigenvalue weighted by molar-refractivity contribution is 0.445. The smallest absolute Gasteiger partial charge is 0.159 e. The number of para-hydroxylation sites is 8. The van der Waals surface area contributed by atoms with Crippen LogP contribution in [0.4, 0.5) is 51.2 Å². The molecule has 596 valence electrons. The molecule has 0 unspecified atom stereocenters. The van der Waals surface area contributed by atoms with Crippen molar-refractivity contribution in [1.29, 1.82) is 0 Å². The molecular weight excluding hydrogens is 1510 g/mol. The number of anilines is 9. The minimum Gasteiger partial charge on any atom is -0.454 e. The lowest BCUT2D eigenvalue weighted by Crippen LogP contribution is -2.13. The topological polar surface area (TPSA) is 49.1 Å². The second-order valence-electron chi connectivity index (χ2n) is 35.1. The van der Waals surface area contributed by atoms with Crippen molar-refractivity contribution in [3.63, 3.8) is 0 Å². The first-order chi connectivity index (χ1) is 61.2. The Morgan fingerprint density at radius 3 is 1.10 bits per heavy atom. The van der Waals surface area contributed by atoms with E-state index in [1.54, 1.807) is 5.56 Å². The van der Waals surface area contributed by atoms with E-state index >= 15 is 0 Å². The summed E-state index contributed by atoms with van der Waals surface area (Å²) in [5.74, 6) is 1.23. The minimum absolute atomic E-state index is 0.569. The molecule has 21 aromatic carbocycles. The van der Waals surface area contributed by atoms with E-state index in [1.165, 1.54) is 195 Å². The summed E-state index contributed by atoms with van der Waals surface area (Å²) in [6.45, 7) is 8.77. The summed E-state index contributed by atoms with van der Waals surface area (Å²) in [6.07, 6.45) is 13.2. The average Bonchev–Trinajstić information content (AvgIpc) is 0.824. The maximum Gasteiger partial charge on any atom is 0.159 e. The molecule has 3 heterocycles. The first kappa shape index (κ1) is 73.5. The van der Waals surface area contributed by atoms with Crippen molar-refractivity contribution < 1.29 is 13.3 Å². The van der Waals surface area contributed by atoms with Gasteiger partial charge in [-0.25, -0.2) is 0 Å². The average molecular weight is 1600 g/mol. The summed E-state index contributed by atoms with van der Waals surface area (Å²) in [5, 5.41) is 30.9. The van der Waals surface area contributed by atoms with Crippen LogP contribution in [-0.4, -0.2) is 0 Å². The molecule has 3 aromatic heterocycles. The summed E-state index contributed by atoms with van der Waals surface area (Å²) in [6, 6.07) is 126. The van der Waals surface area contributed by atoms with Crippen LogP contribution >= 0.6 is 0 Å². The molecule has 0 bridgehead atoms. The van der Waals surface area contributed by atoms with Crippen LogP contribution in [0, 0.1) is 27.7 Å². The molecule has 2 saturated carbocycles. The molecule has 0 aliphatic heterocycles. The van der Waals surface area contributed by atoms with Crippen LogP contribution in [0.15, 0.2) is 359 Å². The number of furan rings is 3. The van der Waals surface area contributed by atoms with Crippen molar-refractivity contribution in [2.75, 3.05) is 14.7 Å². The van der Waals surface area contributed by atoms with Gasteiger partial charge in [0.2, 0.25) is 0 Å². The highest BCUT2D eigenvalue weighted by Gasteiger charge is 2.31. The Morgan fingerprint density at radius 2 is 0.565 bits per heavy atom. The van der Waals surface area contributed by atoms with Gasteiger partial charge in [0.15, 0.2) is 16.7 Å². The molecule has 2 aliphatic carbocycles. The molecule has 26 rings (SSSR count). The molecule has 6 nitrogen and oxygen atoms in total. The van der Waals surface area contributed by atoms with Crippen LogP contribution in [0.1, 0.15) is 109 Å². The third kappa shape index (κ3) is 12.0. The molecule has 2 fully saturated rings. The number of fused-ring (bicyclic) bond motifs is 9. The lowest BCUT2D eigenvalue weighted by Gasteiger charge is -2.31. The fourth-order valence-electron chi connectivity index (χ4n) is 22.1. The Hall–Kier alpha value is -14.5. The van der Waals surface area contributed by atoms with Crippen LogP contribution in [0.25, 0.3) is 163 Å². The summed E-state index contributed by atoms with van der Waals surface area (Å²) < 4.78 is 19.8. The normalized spacial score (nSPS) is 13.7. The van der Waals surface area contributed by atoms with Gasteiger partial charge in [-0.2, -0.15) is 0 Å². The summed E-state index contributed by atoms with van der Waals surface area (Å²) in [7, 11) is 0. The molecular formula is C118H91N3O3. The van der Waals surface area contributed by atoms with E-state index in [0.717, 1.165) is 111 Å². The second-order valence-corrected chi connectivity index (χ2v) is 35.1. The van der Waals surface area contributed by atoms with E-state index < -0.39 is 0 Å². The van der Waals surface area contributed by atoms with E-state index in [-0.39, 0.29) is 0 Å². The number of rotatable bonds is 11. The standard InChI is InChI=1S/C46H41NO.2C36H25NO/c1-4-13-30(14-5-1)34-25-23-32-24-26-37-40(31-15-6-2-7-16-31)29-42(39-28-27-36(34)44(32)45(37)39)47(33-17-8-3-9-18-33)41-21-12-20-38-35-19-10-11-22-43(35)48-46(38)41;1-22-19-23(2)21-27(20-22)37(32-11-6-10-29-28-9-3-4-12-33(28)38-36(29)32)31-18-16-26-14-13-24-7-5-8-25-15-17-30(31)35(26)34(24)25;1-22-15-16-24-17-18-27-23(2)21-32(30-20-19-26(22)34(24)35(27)30)37(25-9-4-3-5-10-25)31-13-8-12-29-28-11-6-7-14-33(28)38-36(29)31/h3,8-12,17-31H,1-2,4-7,13-16H2;2*3-21H,1-2H3. The summed E-state index contributed by atoms with van der Waals surface area (Å²) >= 11 is 0. The molecule has 6 heteroatoms. The summed E-state index contributed by atoms with van der Waals surface area (Å²) in [4.78, 5) is 7.25. The van der Waals surface area contributed by atoms with Gasteiger partial charge < -0.3 is 28.0 Å². The van der Waals surface area contributed by atoms with Crippen molar-refractivity contribution in [2.24, 2.45) is 0 Å². The zero-order valence-electron chi connectivity index (χ0n) is 70.2. The van der Waals surface area contributed by atoms with Gasteiger partial charge >= 0.3 is 0 Å². The quantitative estimate of drug-likeness (QED) is 0.120. The van der Waals surface area contributed by atoms with Gasteiger partial charge in [-0.3, -0.25) is 0 Å². The van der Waals surface area contributed by atoms with Gasteiger partial charge in [-0.05, 0) is 270 Å². The van der Waals surface area contributed by atoms with Crippen LogP contribution in [0.5, 0.6) is 0 Å². The number of nitrogens with zero attached hydrogens (tertiary/aromatic N) is 3. The molecule has 2 aliphatic rings.